The van der Waals surface area contributed by atoms with E-state index in [-0.39, 0.29) is 36.9 Å². The quantitative estimate of drug-likeness (QED) is 0.677. The molecule has 146 valence electrons. The van der Waals surface area contributed by atoms with E-state index < -0.39 is 11.7 Å². The Morgan fingerprint density at radius 3 is 2.28 bits per heavy atom. The molecule has 2 aromatic carbocycles. The first kappa shape index (κ1) is 18.6. The summed E-state index contributed by atoms with van der Waals surface area (Å²) >= 11 is 0. The molecule has 29 heavy (non-hydrogen) atoms. The van der Waals surface area contributed by atoms with Gasteiger partial charge in [0.25, 0.3) is 5.91 Å². The zero-order valence-corrected chi connectivity index (χ0v) is 15.5. The standard InChI is InChI=1S/C22H18FN3O3/c23-18-8-7-17(25-11-1-2-12-25)13-19(18)24-22(29)16-5-3-15(4-6-16)14-26-20(27)9-10-21(26)28/h1-8,11-13H,9-10,14H2,(H,24,29). The number of anilines is 1. The number of carbonyl (C=O) groups excluding carboxylic acids is 3. The van der Waals surface area contributed by atoms with Crippen LogP contribution in [0.2, 0.25) is 0 Å². The zero-order valence-electron chi connectivity index (χ0n) is 15.5. The molecule has 6 nitrogen and oxygen atoms in total. The molecule has 0 spiro atoms. The number of imide groups is 1. The van der Waals surface area contributed by atoms with E-state index in [9.17, 15) is 18.8 Å². The molecular formula is C22H18FN3O3. The van der Waals surface area contributed by atoms with Gasteiger partial charge in [0.05, 0.1) is 12.2 Å². The smallest absolute Gasteiger partial charge is 0.255 e. The fraction of sp³-hybridized carbons (Fsp3) is 0.136. The van der Waals surface area contributed by atoms with Crippen LogP contribution in [-0.4, -0.2) is 27.2 Å². The Hall–Kier alpha value is -3.74. The molecule has 3 amide bonds. The second-order valence-electron chi connectivity index (χ2n) is 6.78. The maximum atomic E-state index is 14.2. The monoisotopic (exact) mass is 391 g/mol. The third-order valence-electron chi connectivity index (χ3n) is 4.81. The second kappa shape index (κ2) is 7.71. The van der Waals surface area contributed by atoms with Crippen molar-refractivity contribution in [1.29, 1.82) is 0 Å². The molecule has 1 fully saturated rings. The van der Waals surface area contributed by atoms with Crippen LogP contribution in [0, 0.1) is 5.82 Å². The number of rotatable bonds is 5. The lowest BCUT2D eigenvalue weighted by Crippen LogP contribution is -2.28. The van der Waals surface area contributed by atoms with E-state index in [4.69, 9.17) is 0 Å². The van der Waals surface area contributed by atoms with Crippen molar-refractivity contribution in [3.8, 4) is 5.69 Å². The summed E-state index contributed by atoms with van der Waals surface area (Å²) in [7, 11) is 0. The molecule has 3 aromatic rings. The number of benzene rings is 2. The van der Waals surface area contributed by atoms with Crippen molar-refractivity contribution in [2.45, 2.75) is 19.4 Å². The fourth-order valence-electron chi connectivity index (χ4n) is 3.21. The molecule has 0 saturated carbocycles. The molecule has 4 rings (SSSR count). The summed E-state index contributed by atoms with van der Waals surface area (Å²) in [5.41, 5.74) is 1.89. The van der Waals surface area contributed by atoms with Crippen molar-refractivity contribution in [1.82, 2.24) is 9.47 Å². The number of nitrogens with zero attached hydrogens (tertiary/aromatic N) is 2. The average molecular weight is 391 g/mol. The molecule has 1 aromatic heterocycles. The van der Waals surface area contributed by atoms with Crippen LogP contribution in [0.4, 0.5) is 10.1 Å². The molecule has 7 heteroatoms. The summed E-state index contributed by atoms with van der Waals surface area (Å²) in [5.74, 6) is -1.35. The fourth-order valence-corrected chi connectivity index (χ4v) is 3.21. The van der Waals surface area contributed by atoms with E-state index in [1.54, 1.807) is 36.4 Å². The van der Waals surface area contributed by atoms with Crippen molar-refractivity contribution in [3.63, 3.8) is 0 Å². The first-order valence-electron chi connectivity index (χ1n) is 9.17. The number of hydrogen-bond donors (Lipinski definition) is 1. The maximum absolute atomic E-state index is 14.2. The van der Waals surface area contributed by atoms with E-state index in [2.05, 4.69) is 5.32 Å². The minimum absolute atomic E-state index is 0.0820. The summed E-state index contributed by atoms with van der Waals surface area (Å²) in [6.45, 7) is 0.188. The number of amides is 3. The van der Waals surface area contributed by atoms with E-state index in [1.807, 2.05) is 29.1 Å². The number of hydrogen-bond acceptors (Lipinski definition) is 3. The Morgan fingerprint density at radius 2 is 1.62 bits per heavy atom. The number of halogens is 1. The predicted molar refractivity (Wildman–Crippen MR) is 105 cm³/mol. The van der Waals surface area contributed by atoms with Crippen molar-refractivity contribution in [2.24, 2.45) is 0 Å². The molecule has 1 N–H and O–H groups in total. The Balaban J connectivity index is 1.47. The molecule has 0 radical (unpaired) electrons. The molecule has 0 bridgehead atoms. The second-order valence-corrected chi connectivity index (χ2v) is 6.78. The summed E-state index contributed by atoms with van der Waals surface area (Å²) in [4.78, 5) is 37.2. The Bertz CT molecular complexity index is 1060. The minimum atomic E-state index is -0.531. The van der Waals surface area contributed by atoms with Gasteiger partial charge in [-0.2, -0.15) is 0 Å². The van der Waals surface area contributed by atoms with Gasteiger partial charge in [0.1, 0.15) is 5.82 Å². The van der Waals surface area contributed by atoms with Gasteiger partial charge in [0, 0.05) is 36.5 Å². The van der Waals surface area contributed by atoms with Gasteiger partial charge in [-0.3, -0.25) is 19.3 Å². The van der Waals surface area contributed by atoms with Gasteiger partial charge < -0.3 is 9.88 Å². The van der Waals surface area contributed by atoms with Crippen molar-refractivity contribution >= 4 is 23.4 Å². The van der Waals surface area contributed by atoms with E-state index >= 15 is 0 Å². The van der Waals surface area contributed by atoms with Crippen molar-refractivity contribution in [2.75, 3.05) is 5.32 Å². The SMILES string of the molecule is O=C(Nc1cc(-n2cccc2)ccc1F)c1ccc(CN2C(=O)CCC2=O)cc1. The summed E-state index contributed by atoms with van der Waals surface area (Å²) in [5, 5.41) is 2.59. The van der Waals surface area contributed by atoms with Gasteiger partial charge in [-0.25, -0.2) is 4.39 Å². The largest absolute Gasteiger partial charge is 0.324 e. The van der Waals surface area contributed by atoms with Crippen LogP contribution in [0.1, 0.15) is 28.8 Å². The zero-order chi connectivity index (χ0) is 20.4. The highest BCUT2D eigenvalue weighted by Crippen LogP contribution is 2.21. The van der Waals surface area contributed by atoms with Crippen LogP contribution >= 0.6 is 0 Å². The van der Waals surface area contributed by atoms with Gasteiger partial charge >= 0.3 is 0 Å². The van der Waals surface area contributed by atoms with E-state index in [1.165, 1.54) is 11.0 Å². The predicted octanol–water partition coefficient (Wildman–Crippen LogP) is 3.52. The molecule has 0 aliphatic carbocycles. The van der Waals surface area contributed by atoms with E-state index in [0.29, 0.717) is 5.56 Å². The Morgan fingerprint density at radius 1 is 0.966 bits per heavy atom. The normalized spacial score (nSPS) is 13.8. The molecule has 0 atom stereocenters. The lowest BCUT2D eigenvalue weighted by molar-refractivity contribution is -0.139. The van der Waals surface area contributed by atoms with Gasteiger partial charge in [0.15, 0.2) is 0 Å². The molecule has 2 heterocycles. The number of carbonyl (C=O) groups is 3. The molecule has 1 saturated heterocycles. The van der Waals surface area contributed by atoms with Gasteiger partial charge in [0.2, 0.25) is 11.8 Å². The minimum Gasteiger partial charge on any atom is -0.324 e. The molecular weight excluding hydrogens is 373 g/mol. The van der Waals surface area contributed by atoms with Crippen LogP contribution in [0.15, 0.2) is 67.0 Å². The third kappa shape index (κ3) is 3.94. The van der Waals surface area contributed by atoms with Crippen LogP contribution in [-0.2, 0) is 16.1 Å². The number of nitrogens with one attached hydrogen (secondary N) is 1. The summed E-state index contributed by atoms with van der Waals surface area (Å²) in [6.07, 6.45) is 4.14. The highest BCUT2D eigenvalue weighted by molar-refractivity contribution is 6.04. The van der Waals surface area contributed by atoms with Crippen LogP contribution < -0.4 is 5.32 Å². The van der Waals surface area contributed by atoms with Crippen molar-refractivity contribution < 1.29 is 18.8 Å². The topological polar surface area (TPSA) is 71.4 Å². The number of aromatic nitrogens is 1. The Labute approximate surface area is 166 Å². The first-order valence-corrected chi connectivity index (χ1v) is 9.17. The highest BCUT2D eigenvalue weighted by atomic mass is 19.1. The molecule has 1 aliphatic rings. The third-order valence-corrected chi connectivity index (χ3v) is 4.81. The van der Waals surface area contributed by atoms with Gasteiger partial charge in [-0.05, 0) is 48.0 Å². The lowest BCUT2D eigenvalue weighted by atomic mass is 10.1. The van der Waals surface area contributed by atoms with E-state index in [0.717, 1.165) is 11.3 Å². The van der Waals surface area contributed by atoms with Crippen LogP contribution in [0.3, 0.4) is 0 Å². The maximum Gasteiger partial charge on any atom is 0.255 e. The number of likely N-dealkylation sites (tertiary alicyclic amines) is 1. The highest BCUT2D eigenvalue weighted by Gasteiger charge is 2.28. The van der Waals surface area contributed by atoms with Crippen molar-refractivity contribution in [3.05, 3.63) is 83.9 Å². The molecule has 1 aliphatic heterocycles. The molecule has 0 unspecified atom stereocenters. The van der Waals surface area contributed by atoms with Gasteiger partial charge in [-0.1, -0.05) is 12.1 Å². The van der Waals surface area contributed by atoms with Crippen LogP contribution in [0.5, 0.6) is 0 Å². The summed E-state index contributed by atoms with van der Waals surface area (Å²) in [6, 6.07) is 14.7. The van der Waals surface area contributed by atoms with Crippen LogP contribution in [0.25, 0.3) is 5.69 Å². The van der Waals surface area contributed by atoms with Gasteiger partial charge in [-0.15, -0.1) is 0 Å². The lowest BCUT2D eigenvalue weighted by Gasteiger charge is -2.14. The average Bonchev–Trinajstić information content (AvgIpc) is 3.36. The Kier molecular flexibility index (Phi) is 4.95. The summed E-state index contributed by atoms with van der Waals surface area (Å²) < 4.78 is 16.0. The first-order chi connectivity index (χ1) is 14.0.